The van der Waals surface area contributed by atoms with Gasteiger partial charge in [-0.15, -0.1) is 0 Å². The van der Waals surface area contributed by atoms with E-state index >= 15 is 0 Å². The summed E-state index contributed by atoms with van der Waals surface area (Å²) in [6, 6.07) is 11.8. The maximum atomic E-state index is 13.4. The van der Waals surface area contributed by atoms with E-state index in [1.54, 1.807) is 0 Å². The summed E-state index contributed by atoms with van der Waals surface area (Å²) in [5, 5.41) is 19.5. The highest BCUT2D eigenvalue weighted by atomic mass is 32.2. The van der Waals surface area contributed by atoms with Gasteiger partial charge >= 0.3 is 5.97 Å². The Labute approximate surface area is 210 Å². The van der Waals surface area contributed by atoms with Crippen molar-refractivity contribution in [2.75, 3.05) is 30.8 Å². The Balaban J connectivity index is 1.78. The fourth-order valence-corrected chi connectivity index (χ4v) is 4.71. The third-order valence-electron chi connectivity index (χ3n) is 5.42. The SMILES string of the molecule is COc1cc2c(C(=O)O)c(-c3ccc(Oc4ccc(F)c(F)c4)cc3)oc2cc1N(CCO)S(C)(=O)=O. The Morgan fingerprint density at radius 3 is 2.27 bits per heavy atom. The van der Waals surface area contributed by atoms with Crippen LogP contribution < -0.4 is 13.8 Å². The van der Waals surface area contributed by atoms with Crippen LogP contribution in [-0.4, -0.2) is 51.1 Å². The molecule has 2 N–H and O–H groups in total. The number of hydrogen-bond donors (Lipinski definition) is 2. The van der Waals surface area contributed by atoms with E-state index in [-0.39, 0.29) is 51.8 Å². The number of anilines is 1. The van der Waals surface area contributed by atoms with Crippen LogP contribution in [0.3, 0.4) is 0 Å². The molecule has 0 fully saturated rings. The number of ether oxygens (including phenoxy) is 2. The molecule has 0 aliphatic heterocycles. The highest BCUT2D eigenvalue weighted by Crippen LogP contribution is 2.41. The molecule has 0 unspecified atom stereocenters. The minimum atomic E-state index is -3.81. The van der Waals surface area contributed by atoms with Crippen molar-refractivity contribution in [3.05, 3.63) is 71.8 Å². The summed E-state index contributed by atoms with van der Waals surface area (Å²) >= 11 is 0. The zero-order valence-corrected chi connectivity index (χ0v) is 20.4. The lowest BCUT2D eigenvalue weighted by atomic mass is 10.0. The number of benzene rings is 3. The van der Waals surface area contributed by atoms with Gasteiger partial charge in [-0.2, -0.15) is 0 Å². The zero-order chi connectivity index (χ0) is 26.9. The summed E-state index contributed by atoms with van der Waals surface area (Å²) in [6.07, 6.45) is 0.965. The fourth-order valence-electron chi connectivity index (χ4n) is 3.79. The Kier molecular flexibility index (Phi) is 7.05. The third kappa shape index (κ3) is 5.20. The molecule has 194 valence electrons. The molecule has 4 rings (SSSR count). The van der Waals surface area contributed by atoms with Crippen LogP contribution in [0.15, 0.2) is 59.0 Å². The van der Waals surface area contributed by atoms with Crippen LogP contribution in [0.5, 0.6) is 17.2 Å². The monoisotopic (exact) mass is 533 g/mol. The van der Waals surface area contributed by atoms with Gasteiger partial charge in [-0.1, -0.05) is 0 Å². The lowest BCUT2D eigenvalue weighted by Crippen LogP contribution is -2.32. The summed E-state index contributed by atoms with van der Waals surface area (Å²) in [5.74, 6) is -2.96. The van der Waals surface area contributed by atoms with Crippen molar-refractivity contribution >= 4 is 32.6 Å². The number of halogens is 2. The number of furan rings is 1. The number of carbonyl (C=O) groups is 1. The predicted molar refractivity (Wildman–Crippen MR) is 131 cm³/mol. The molecule has 3 aromatic carbocycles. The molecular formula is C25H21F2NO8S. The van der Waals surface area contributed by atoms with Gasteiger partial charge in [-0.3, -0.25) is 4.31 Å². The average Bonchev–Trinajstić information content (AvgIpc) is 3.22. The van der Waals surface area contributed by atoms with Gasteiger partial charge in [0.2, 0.25) is 10.0 Å². The molecule has 1 heterocycles. The number of sulfonamides is 1. The van der Waals surface area contributed by atoms with Gasteiger partial charge in [0.05, 0.1) is 32.2 Å². The largest absolute Gasteiger partial charge is 0.495 e. The van der Waals surface area contributed by atoms with Gasteiger partial charge in [0, 0.05) is 23.1 Å². The second-order valence-corrected chi connectivity index (χ2v) is 9.80. The van der Waals surface area contributed by atoms with Crippen LogP contribution in [0.4, 0.5) is 14.5 Å². The van der Waals surface area contributed by atoms with Crippen molar-refractivity contribution < 1.29 is 46.1 Å². The quantitative estimate of drug-likeness (QED) is 0.319. The van der Waals surface area contributed by atoms with E-state index in [4.69, 9.17) is 13.9 Å². The molecule has 0 bridgehead atoms. The summed E-state index contributed by atoms with van der Waals surface area (Å²) in [5.41, 5.74) is 0.334. The van der Waals surface area contributed by atoms with Crippen LogP contribution in [0.25, 0.3) is 22.3 Å². The summed E-state index contributed by atoms with van der Waals surface area (Å²) in [7, 11) is -2.51. The van der Waals surface area contributed by atoms with Gasteiger partial charge in [0.25, 0.3) is 0 Å². The van der Waals surface area contributed by atoms with Crippen molar-refractivity contribution in [3.63, 3.8) is 0 Å². The lowest BCUT2D eigenvalue weighted by molar-refractivity contribution is 0.0699. The second kappa shape index (κ2) is 10.1. The van der Waals surface area contributed by atoms with E-state index in [0.29, 0.717) is 5.56 Å². The Bertz CT molecular complexity index is 1580. The molecule has 0 spiro atoms. The number of aromatic carboxylic acids is 1. The van der Waals surface area contributed by atoms with Gasteiger partial charge in [-0.05, 0) is 42.5 Å². The van der Waals surface area contributed by atoms with Crippen molar-refractivity contribution in [1.82, 2.24) is 0 Å². The molecule has 4 aromatic rings. The zero-order valence-electron chi connectivity index (χ0n) is 19.6. The van der Waals surface area contributed by atoms with Gasteiger partial charge in [0.1, 0.15) is 34.2 Å². The van der Waals surface area contributed by atoms with Crippen LogP contribution in [0, 0.1) is 11.6 Å². The molecule has 0 aliphatic rings. The van der Waals surface area contributed by atoms with Crippen molar-refractivity contribution in [2.24, 2.45) is 0 Å². The molecule has 9 nitrogen and oxygen atoms in total. The number of aliphatic hydroxyl groups is 1. The molecular weight excluding hydrogens is 512 g/mol. The lowest BCUT2D eigenvalue weighted by Gasteiger charge is -2.23. The topological polar surface area (TPSA) is 127 Å². The third-order valence-corrected chi connectivity index (χ3v) is 6.60. The Morgan fingerprint density at radius 2 is 1.70 bits per heavy atom. The van der Waals surface area contributed by atoms with Crippen LogP contribution >= 0.6 is 0 Å². The van der Waals surface area contributed by atoms with Crippen molar-refractivity contribution in [2.45, 2.75) is 0 Å². The van der Waals surface area contributed by atoms with Gasteiger partial charge < -0.3 is 24.1 Å². The Hall–Kier alpha value is -4.16. The molecule has 0 aliphatic carbocycles. The van der Waals surface area contributed by atoms with E-state index in [2.05, 4.69) is 0 Å². The second-order valence-electron chi connectivity index (χ2n) is 7.89. The van der Waals surface area contributed by atoms with E-state index < -0.39 is 34.2 Å². The van der Waals surface area contributed by atoms with E-state index in [1.807, 2.05) is 0 Å². The van der Waals surface area contributed by atoms with E-state index in [9.17, 15) is 32.2 Å². The molecule has 1 aromatic heterocycles. The van der Waals surface area contributed by atoms with E-state index in [1.165, 1.54) is 49.6 Å². The van der Waals surface area contributed by atoms with Crippen LogP contribution in [0.2, 0.25) is 0 Å². The summed E-state index contributed by atoms with van der Waals surface area (Å²) < 4.78 is 68.8. The first kappa shape index (κ1) is 25.9. The highest BCUT2D eigenvalue weighted by molar-refractivity contribution is 7.92. The van der Waals surface area contributed by atoms with Crippen LogP contribution in [-0.2, 0) is 10.0 Å². The highest BCUT2D eigenvalue weighted by Gasteiger charge is 2.27. The average molecular weight is 534 g/mol. The smallest absolute Gasteiger partial charge is 0.340 e. The molecule has 0 amide bonds. The summed E-state index contributed by atoms with van der Waals surface area (Å²) in [4.78, 5) is 12.2. The number of nitrogens with zero attached hydrogens (tertiary/aromatic N) is 1. The number of carboxylic acids is 1. The minimum Gasteiger partial charge on any atom is -0.495 e. The number of hydrogen-bond acceptors (Lipinski definition) is 7. The predicted octanol–water partition coefficient (Wildman–Crippen LogP) is 4.64. The van der Waals surface area contributed by atoms with Crippen LogP contribution in [0.1, 0.15) is 10.4 Å². The van der Waals surface area contributed by atoms with E-state index in [0.717, 1.165) is 22.7 Å². The number of fused-ring (bicyclic) bond motifs is 1. The molecule has 12 heteroatoms. The first-order valence-corrected chi connectivity index (χ1v) is 12.6. The normalized spacial score (nSPS) is 11.5. The molecule has 0 saturated heterocycles. The first-order valence-electron chi connectivity index (χ1n) is 10.7. The van der Waals surface area contributed by atoms with Gasteiger partial charge in [-0.25, -0.2) is 22.0 Å². The number of carboxylic acid groups (broad SMARTS) is 1. The number of methoxy groups -OCH3 is 1. The minimum absolute atomic E-state index is 0.00542. The maximum Gasteiger partial charge on any atom is 0.340 e. The Morgan fingerprint density at radius 1 is 1.03 bits per heavy atom. The first-order chi connectivity index (χ1) is 17.5. The molecule has 0 saturated carbocycles. The number of aliphatic hydroxyl groups excluding tert-OH is 1. The summed E-state index contributed by atoms with van der Waals surface area (Å²) in [6.45, 7) is -0.712. The maximum absolute atomic E-state index is 13.4. The standard InChI is InChI=1S/C25H21F2NO8S/c1-34-22-12-17-21(13-20(22)28(9-10-29)37(2,32)33)36-24(23(17)25(30)31)14-3-5-15(6-4-14)35-16-7-8-18(26)19(27)11-16/h3-8,11-13,29H,9-10H2,1-2H3,(H,30,31). The number of rotatable bonds is 9. The van der Waals surface area contributed by atoms with Crippen molar-refractivity contribution in [1.29, 1.82) is 0 Å². The van der Waals surface area contributed by atoms with Gasteiger partial charge in [0.15, 0.2) is 11.6 Å². The van der Waals surface area contributed by atoms with Crippen molar-refractivity contribution in [3.8, 4) is 28.6 Å². The fraction of sp³-hybridized carbons (Fsp3) is 0.160. The molecule has 0 radical (unpaired) electrons. The molecule has 0 atom stereocenters. The molecule has 37 heavy (non-hydrogen) atoms.